The third-order valence-corrected chi connectivity index (χ3v) is 5.73. The van der Waals surface area contributed by atoms with E-state index in [2.05, 4.69) is 10.1 Å². The second-order valence-corrected chi connectivity index (χ2v) is 8.62. The summed E-state index contributed by atoms with van der Waals surface area (Å²) >= 11 is 18.2. The summed E-state index contributed by atoms with van der Waals surface area (Å²) in [6.07, 6.45) is 2.53. The van der Waals surface area contributed by atoms with Crippen LogP contribution in [0.4, 0.5) is 4.39 Å². The van der Waals surface area contributed by atoms with Gasteiger partial charge < -0.3 is 14.2 Å². The zero-order chi connectivity index (χ0) is 24.2. The molecule has 1 aliphatic rings. The molecule has 0 unspecified atom stereocenters. The third-order valence-electron chi connectivity index (χ3n) is 4.95. The Hall–Kier alpha value is -2.81. The smallest absolute Gasteiger partial charge is 0.344 e. The van der Waals surface area contributed by atoms with Gasteiger partial charge in [-0.25, -0.2) is 13.9 Å². The average Bonchev–Trinajstić information content (AvgIpc) is 3.55. The van der Waals surface area contributed by atoms with Gasteiger partial charge in [0.15, 0.2) is 12.4 Å². The van der Waals surface area contributed by atoms with Crippen LogP contribution in [-0.2, 0) is 14.3 Å². The summed E-state index contributed by atoms with van der Waals surface area (Å²) in [6.45, 7) is -0.266. The first-order chi connectivity index (χ1) is 16.4. The molecule has 0 N–H and O–H groups in total. The normalized spacial score (nSPS) is 12.4. The largest absolute Gasteiger partial charge is 0.501 e. The number of methoxy groups -OCH3 is 1. The molecule has 1 aliphatic carbocycles. The molecular formula is C23H19Cl3FN3O4. The average molecular weight is 527 g/mol. The molecule has 1 fully saturated rings. The van der Waals surface area contributed by atoms with E-state index in [0.29, 0.717) is 17.0 Å². The van der Waals surface area contributed by atoms with Crippen LogP contribution < -0.4 is 4.74 Å². The standard InChI is InChI=1S/C23H19Cl3FN3O4/c1-32-20(13-2-3-13)8-9-33-21(31)12-34-23-28-22(16-6-4-14(24)10-17(16)26)30(29-23)19-7-5-15(25)11-18(19)27/h4-7,10-11H,2-3,8-9,12H2,1H3. The van der Waals surface area contributed by atoms with E-state index in [1.807, 2.05) is 0 Å². The quantitative estimate of drug-likeness (QED) is 0.250. The Morgan fingerprint density at radius 2 is 1.85 bits per heavy atom. The number of halogens is 4. The van der Waals surface area contributed by atoms with Crippen molar-refractivity contribution in [2.24, 2.45) is 0 Å². The van der Waals surface area contributed by atoms with Gasteiger partial charge in [0.05, 0.1) is 24.5 Å². The Morgan fingerprint density at radius 3 is 2.53 bits per heavy atom. The lowest BCUT2D eigenvalue weighted by atomic mass is 10.2. The van der Waals surface area contributed by atoms with Gasteiger partial charge in [-0.1, -0.05) is 34.8 Å². The number of carbonyl (C=O) groups excluding carboxylic acids is 1. The van der Waals surface area contributed by atoms with Crippen LogP contribution in [0.5, 0.6) is 6.01 Å². The zero-order valence-corrected chi connectivity index (χ0v) is 20.3. The molecule has 0 spiro atoms. The van der Waals surface area contributed by atoms with E-state index >= 15 is 0 Å². The minimum absolute atomic E-state index is 0.0653. The Labute approximate surface area is 210 Å². The van der Waals surface area contributed by atoms with Gasteiger partial charge in [-0.2, -0.15) is 4.98 Å². The van der Waals surface area contributed by atoms with Gasteiger partial charge in [-0.3, -0.25) is 0 Å². The first-order valence-electron chi connectivity index (χ1n) is 10.3. The monoisotopic (exact) mass is 525 g/mol. The van der Waals surface area contributed by atoms with E-state index in [9.17, 15) is 9.18 Å². The van der Waals surface area contributed by atoms with E-state index in [1.54, 1.807) is 19.2 Å². The lowest BCUT2D eigenvalue weighted by Gasteiger charge is -2.08. The summed E-state index contributed by atoms with van der Waals surface area (Å²) in [4.78, 5) is 16.4. The molecule has 178 valence electrons. The molecule has 11 heteroatoms. The van der Waals surface area contributed by atoms with Crippen molar-refractivity contribution >= 4 is 40.8 Å². The Balaban J connectivity index is 1.52. The molecular weight excluding hydrogens is 508 g/mol. The highest BCUT2D eigenvalue weighted by atomic mass is 35.5. The van der Waals surface area contributed by atoms with Gasteiger partial charge in [0.25, 0.3) is 0 Å². The molecule has 1 saturated carbocycles. The summed E-state index contributed by atoms with van der Waals surface area (Å²) in [5.74, 6) is -0.194. The lowest BCUT2D eigenvalue weighted by Crippen LogP contribution is -2.16. The van der Waals surface area contributed by atoms with Gasteiger partial charge >= 0.3 is 12.0 Å². The molecule has 0 saturated heterocycles. The number of nitrogens with zero attached hydrogens (tertiary/aromatic N) is 3. The maximum absolute atomic E-state index is 14.7. The van der Waals surface area contributed by atoms with Gasteiger partial charge in [0.1, 0.15) is 11.5 Å². The van der Waals surface area contributed by atoms with Crippen LogP contribution in [0.3, 0.4) is 0 Å². The van der Waals surface area contributed by atoms with Crippen LogP contribution in [0.25, 0.3) is 17.1 Å². The second kappa shape index (κ2) is 10.6. The van der Waals surface area contributed by atoms with Crippen molar-refractivity contribution in [1.29, 1.82) is 0 Å². The van der Waals surface area contributed by atoms with Crippen molar-refractivity contribution in [3.8, 4) is 23.1 Å². The predicted octanol–water partition coefficient (Wildman–Crippen LogP) is 6.04. The molecule has 34 heavy (non-hydrogen) atoms. The summed E-state index contributed by atoms with van der Waals surface area (Å²) in [5, 5.41) is 5.13. The van der Waals surface area contributed by atoms with Crippen LogP contribution in [0, 0.1) is 5.82 Å². The molecule has 0 aliphatic heterocycles. The summed E-state index contributed by atoms with van der Waals surface area (Å²) in [6, 6.07) is 8.71. The Kier molecular flexibility index (Phi) is 7.60. The molecule has 0 atom stereocenters. The molecule has 7 nitrogen and oxygen atoms in total. The van der Waals surface area contributed by atoms with Crippen molar-refractivity contribution in [3.63, 3.8) is 0 Å². The molecule has 1 heterocycles. The van der Waals surface area contributed by atoms with Crippen LogP contribution in [0.15, 0.2) is 47.7 Å². The van der Waals surface area contributed by atoms with Gasteiger partial charge in [0.2, 0.25) is 0 Å². The maximum Gasteiger partial charge on any atom is 0.344 e. The van der Waals surface area contributed by atoms with Crippen LogP contribution in [0.2, 0.25) is 15.1 Å². The second-order valence-electron chi connectivity index (χ2n) is 7.34. The molecule has 2 aromatic carbocycles. The number of hydrogen-bond acceptors (Lipinski definition) is 6. The molecule has 0 radical (unpaired) electrons. The fraction of sp³-hybridized carbons (Fsp3) is 0.261. The lowest BCUT2D eigenvalue weighted by molar-refractivity contribution is -0.146. The third kappa shape index (κ3) is 5.81. The number of esters is 1. The molecule has 4 rings (SSSR count). The highest BCUT2D eigenvalue weighted by Gasteiger charge is 2.21. The van der Waals surface area contributed by atoms with Crippen molar-refractivity contribution in [1.82, 2.24) is 14.8 Å². The highest BCUT2D eigenvalue weighted by molar-refractivity contribution is 6.36. The number of carbonyl (C=O) groups is 1. The van der Waals surface area contributed by atoms with Gasteiger partial charge in [-0.15, -0.1) is 5.10 Å². The van der Waals surface area contributed by atoms with E-state index in [1.165, 1.54) is 28.5 Å². The fourth-order valence-corrected chi connectivity index (χ4v) is 3.86. The first-order valence-corrected chi connectivity index (χ1v) is 11.4. The number of rotatable bonds is 9. The summed E-state index contributed by atoms with van der Waals surface area (Å²) in [7, 11) is 1.60. The minimum atomic E-state index is -0.631. The van der Waals surface area contributed by atoms with Gasteiger partial charge in [0, 0.05) is 22.0 Å². The van der Waals surface area contributed by atoms with Crippen molar-refractivity contribution < 1.29 is 23.4 Å². The number of allylic oxidation sites excluding steroid dienone is 1. The predicted molar refractivity (Wildman–Crippen MR) is 126 cm³/mol. The van der Waals surface area contributed by atoms with E-state index in [4.69, 9.17) is 49.0 Å². The van der Waals surface area contributed by atoms with Crippen LogP contribution >= 0.6 is 34.8 Å². The van der Waals surface area contributed by atoms with Gasteiger partial charge in [-0.05, 0) is 54.8 Å². The Morgan fingerprint density at radius 1 is 1.12 bits per heavy atom. The van der Waals surface area contributed by atoms with E-state index < -0.39 is 18.4 Å². The Bertz CT molecular complexity index is 1190. The first kappa shape index (κ1) is 24.3. The number of aromatic nitrogens is 3. The molecule has 3 aromatic rings. The number of benzene rings is 2. The SMILES string of the molecule is COC(CCOC(=O)COc1nc(-c2ccc(Cl)cc2Cl)n(-c2ccc(Cl)cc2F)n1)=C1CC1. The van der Waals surface area contributed by atoms with E-state index in [0.717, 1.165) is 24.7 Å². The molecule has 0 bridgehead atoms. The summed E-state index contributed by atoms with van der Waals surface area (Å²) in [5.41, 5.74) is 1.74. The highest BCUT2D eigenvalue weighted by Crippen LogP contribution is 2.34. The maximum atomic E-state index is 14.7. The molecule has 1 aromatic heterocycles. The number of ether oxygens (including phenoxy) is 3. The number of hydrogen-bond donors (Lipinski definition) is 0. The van der Waals surface area contributed by atoms with E-state index in [-0.39, 0.29) is 34.2 Å². The summed E-state index contributed by atoms with van der Waals surface area (Å²) < 4.78 is 31.8. The molecule has 0 amide bonds. The zero-order valence-electron chi connectivity index (χ0n) is 18.0. The fourth-order valence-electron chi connectivity index (χ4n) is 3.21. The minimum Gasteiger partial charge on any atom is -0.501 e. The van der Waals surface area contributed by atoms with Crippen molar-refractivity contribution in [2.45, 2.75) is 19.3 Å². The van der Waals surface area contributed by atoms with Crippen molar-refractivity contribution in [3.05, 3.63) is 68.6 Å². The van der Waals surface area contributed by atoms with Crippen LogP contribution in [-0.4, -0.2) is 41.1 Å². The van der Waals surface area contributed by atoms with Crippen LogP contribution in [0.1, 0.15) is 19.3 Å². The van der Waals surface area contributed by atoms with Crippen molar-refractivity contribution in [2.75, 3.05) is 20.3 Å². The topological polar surface area (TPSA) is 75.5 Å².